The molecule has 0 saturated heterocycles. The lowest BCUT2D eigenvalue weighted by Gasteiger charge is -2.14. The van der Waals surface area contributed by atoms with E-state index in [4.69, 9.17) is 0 Å². The van der Waals surface area contributed by atoms with Gasteiger partial charge in [0.1, 0.15) is 12.7 Å². The number of nitrogens with zero attached hydrogens (tertiary/aromatic N) is 4. The summed E-state index contributed by atoms with van der Waals surface area (Å²) in [5.74, 6) is 0. The smallest absolute Gasteiger partial charge is 0.138 e. The molecule has 0 spiro atoms. The van der Waals surface area contributed by atoms with Gasteiger partial charge in [0.25, 0.3) is 0 Å². The van der Waals surface area contributed by atoms with Crippen LogP contribution in [0.4, 0.5) is 5.69 Å². The van der Waals surface area contributed by atoms with Gasteiger partial charge in [0, 0.05) is 10.6 Å². The van der Waals surface area contributed by atoms with Crippen LogP contribution in [-0.2, 0) is 0 Å². The predicted molar refractivity (Wildman–Crippen MR) is 85.0 cm³/mol. The van der Waals surface area contributed by atoms with E-state index in [1.54, 1.807) is 22.3 Å². The standard InChI is InChI=1S/C15H17N5S/c1-10(15-11(2)21-12(3)19-15)18-13-4-6-14(7-5-13)20-9-16-8-17-20/h4-10,18H,1-3H3. The summed E-state index contributed by atoms with van der Waals surface area (Å²) in [6.07, 6.45) is 3.22. The highest BCUT2D eigenvalue weighted by atomic mass is 32.1. The third-order valence-corrected chi connectivity index (χ3v) is 4.19. The van der Waals surface area contributed by atoms with Gasteiger partial charge in [-0.1, -0.05) is 0 Å². The molecule has 108 valence electrons. The summed E-state index contributed by atoms with van der Waals surface area (Å²) < 4.78 is 1.74. The SMILES string of the molecule is Cc1nc(C(C)Nc2ccc(-n3cncn3)cc2)c(C)s1. The fourth-order valence-electron chi connectivity index (χ4n) is 2.32. The van der Waals surface area contributed by atoms with Gasteiger partial charge in [-0.2, -0.15) is 5.10 Å². The van der Waals surface area contributed by atoms with Gasteiger partial charge in [-0.15, -0.1) is 11.3 Å². The van der Waals surface area contributed by atoms with E-state index in [0.29, 0.717) is 0 Å². The molecular weight excluding hydrogens is 282 g/mol. The second kappa shape index (κ2) is 5.65. The molecule has 0 bridgehead atoms. The van der Waals surface area contributed by atoms with E-state index >= 15 is 0 Å². The van der Waals surface area contributed by atoms with E-state index in [0.717, 1.165) is 22.1 Å². The summed E-state index contributed by atoms with van der Waals surface area (Å²) >= 11 is 1.74. The zero-order valence-electron chi connectivity index (χ0n) is 12.2. The van der Waals surface area contributed by atoms with E-state index in [9.17, 15) is 0 Å². The van der Waals surface area contributed by atoms with Crippen LogP contribution in [0.25, 0.3) is 5.69 Å². The average molecular weight is 299 g/mol. The second-order valence-electron chi connectivity index (χ2n) is 4.93. The molecule has 0 aliphatic carbocycles. The number of hydrogen-bond acceptors (Lipinski definition) is 5. The van der Waals surface area contributed by atoms with Crippen molar-refractivity contribution >= 4 is 17.0 Å². The Labute approximate surface area is 127 Å². The van der Waals surface area contributed by atoms with Gasteiger partial charge < -0.3 is 5.32 Å². The molecule has 2 heterocycles. The summed E-state index contributed by atoms with van der Waals surface area (Å²) in [6, 6.07) is 8.31. The van der Waals surface area contributed by atoms with Gasteiger partial charge in [-0.25, -0.2) is 14.6 Å². The zero-order chi connectivity index (χ0) is 14.8. The lowest BCUT2D eigenvalue weighted by Crippen LogP contribution is -2.08. The summed E-state index contributed by atoms with van der Waals surface area (Å²) in [5.41, 5.74) is 3.18. The third-order valence-electron chi connectivity index (χ3n) is 3.28. The van der Waals surface area contributed by atoms with Crippen molar-refractivity contribution in [3.05, 3.63) is 52.5 Å². The van der Waals surface area contributed by atoms with Crippen molar-refractivity contribution in [3.8, 4) is 5.69 Å². The Morgan fingerprint density at radius 3 is 2.52 bits per heavy atom. The molecule has 2 aromatic heterocycles. The van der Waals surface area contributed by atoms with E-state index in [1.807, 2.05) is 31.2 Å². The first-order valence-electron chi connectivity index (χ1n) is 6.79. The van der Waals surface area contributed by atoms with Gasteiger partial charge >= 0.3 is 0 Å². The third kappa shape index (κ3) is 2.95. The maximum atomic E-state index is 4.60. The monoisotopic (exact) mass is 299 g/mol. The molecule has 0 fully saturated rings. The fraction of sp³-hybridized carbons (Fsp3) is 0.267. The van der Waals surface area contributed by atoms with Crippen molar-refractivity contribution in [2.24, 2.45) is 0 Å². The van der Waals surface area contributed by atoms with Crippen molar-refractivity contribution in [1.29, 1.82) is 0 Å². The minimum Gasteiger partial charge on any atom is -0.377 e. The zero-order valence-corrected chi connectivity index (χ0v) is 13.1. The Morgan fingerprint density at radius 1 is 1.19 bits per heavy atom. The van der Waals surface area contributed by atoms with E-state index in [1.165, 1.54) is 11.2 Å². The van der Waals surface area contributed by atoms with Crippen molar-refractivity contribution in [2.75, 3.05) is 5.32 Å². The Bertz CT molecular complexity index is 715. The average Bonchev–Trinajstić information content (AvgIpc) is 3.09. The van der Waals surface area contributed by atoms with Gasteiger partial charge in [0.2, 0.25) is 0 Å². The summed E-state index contributed by atoms with van der Waals surface area (Å²) in [6.45, 7) is 6.29. The molecule has 0 aliphatic heterocycles. The molecule has 21 heavy (non-hydrogen) atoms. The van der Waals surface area contributed by atoms with Gasteiger partial charge in [-0.3, -0.25) is 0 Å². The van der Waals surface area contributed by atoms with Crippen LogP contribution in [0, 0.1) is 13.8 Å². The van der Waals surface area contributed by atoms with Gasteiger partial charge in [0.15, 0.2) is 0 Å². The van der Waals surface area contributed by atoms with Gasteiger partial charge in [-0.05, 0) is 45.0 Å². The minimum absolute atomic E-state index is 0.187. The predicted octanol–water partition coefficient (Wildman–Crippen LogP) is 3.51. The van der Waals surface area contributed by atoms with Crippen LogP contribution in [0.5, 0.6) is 0 Å². The van der Waals surface area contributed by atoms with Crippen LogP contribution < -0.4 is 5.32 Å². The molecule has 1 aromatic carbocycles. The highest BCUT2D eigenvalue weighted by Crippen LogP contribution is 2.25. The van der Waals surface area contributed by atoms with Crippen molar-refractivity contribution in [1.82, 2.24) is 19.7 Å². The summed E-state index contributed by atoms with van der Waals surface area (Å²) in [5, 5.41) is 8.71. The maximum Gasteiger partial charge on any atom is 0.138 e. The number of hydrogen-bond donors (Lipinski definition) is 1. The van der Waals surface area contributed by atoms with Crippen LogP contribution in [-0.4, -0.2) is 19.7 Å². The highest BCUT2D eigenvalue weighted by Gasteiger charge is 2.12. The quantitative estimate of drug-likeness (QED) is 0.801. The molecule has 0 radical (unpaired) electrons. The number of nitrogens with one attached hydrogen (secondary N) is 1. The molecule has 3 aromatic rings. The Hall–Kier alpha value is -2.21. The molecule has 3 rings (SSSR count). The van der Waals surface area contributed by atoms with Crippen LogP contribution in [0.15, 0.2) is 36.9 Å². The van der Waals surface area contributed by atoms with Crippen LogP contribution >= 0.6 is 11.3 Å². The molecule has 5 nitrogen and oxygen atoms in total. The number of thiazole rings is 1. The van der Waals surface area contributed by atoms with E-state index < -0.39 is 0 Å². The van der Waals surface area contributed by atoms with Crippen LogP contribution in [0.2, 0.25) is 0 Å². The number of anilines is 1. The first-order valence-corrected chi connectivity index (χ1v) is 7.60. The van der Waals surface area contributed by atoms with Crippen molar-refractivity contribution in [2.45, 2.75) is 26.8 Å². The Kier molecular flexibility index (Phi) is 3.70. The fourth-order valence-corrected chi connectivity index (χ4v) is 3.23. The molecular formula is C15H17N5S. The first-order chi connectivity index (χ1) is 10.1. The van der Waals surface area contributed by atoms with Gasteiger partial charge in [0.05, 0.1) is 22.4 Å². The molecule has 0 amide bonds. The number of aromatic nitrogens is 4. The Balaban J connectivity index is 1.74. The number of aryl methyl sites for hydroxylation is 2. The topological polar surface area (TPSA) is 55.6 Å². The van der Waals surface area contributed by atoms with E-state index in [-0.39, 0.29) is 6.04 Å². The minimum atomic E-state index is 0.187. The molecule has 0 aliphatic rings. The normalized spacial score (nSPS) is 12.3. The van der Waals surface area contributed by atoms with Crippen molar-refractivity contribution < 1.29 is 0 Å². The van der Waals surface area contributed by atoms with E-state index in [2.05, 4.69) is 34.2 Å². The number of benzene rings is 1. The molecule has 1 unspecified atom stereocenters. The Morgan fingerprint density at radius 2 is 1.95 bits per heavy atom. The largest absolute Gasteiger partial charge is 0.377 e. The second-order valence-corrected chi connectivity index (χ2v) is 6.33. The molecule has 1 atom stereocenters. The molecule has 0 saturated carbocycles. The lowest BCUT2D eigenvalue weighted by molar-refractivity contribution is 0.836. The summed E-state index contributed by atoms with van der Waals surface area (Å²) in [4.78, 5) is 9.82. The van der Waals surface area contributed by atoms with Crippen LogP contribution in [0.1, 0.15) is 28.5 Å². The molecule has 6 heteroatoms. The first kappa shape index (κ1) is 13.8. The van der Waals surface area contributed by atoms with Crippen molar-refractivity contribution in [3.63, 3.8) is 0 Å². The molecule has 1 N–H and O–H groups in total. The number of rotatable bonds is 4. The maximum absolute atomic E-state index is 4.60. The highest BCUT2D eigenvalue weighted by molar-refractivity contribution is 7.11. The summed E-state index contributed by atoms with van der Waals surface area (Å²) in [7, 11) is 0. The lowest BCUT2D eigenvalue weighted by atomic mass is 10.2. The van der Waals surface area contributed by atoms with Crippen LogP contribution in [0.3, 0.4) is 0 Å².